The highest BCUT2D eigenvalue weighted by Crippen LogP contribution is 2.45. The molecule has 14 aromatic rings. The van der Waals surface area contributed by atoms with E-state index in [0.29, 0.717) is 0 Å². The van der Waals surface area contributed by atoms with Crippen LogP contribution in [0.4, 0.5) is 0 Å². The first-order valence-corrected chi connectivity index (χ1v) is 23.7. The molecule has 0 saturated carbocycles. The van der Waals surface area contributed by atoms with E-state index in [-0.39, 0.29) is 0 Å². The van der Waals surface area contributed by atoms with E-state index in [0.717, 1.165) is 77.7 Å². The number of nitrogens with zero attached hydrogens (tertiary/aromatic N) is 2. The van der Waals surface area contributed by atoms with Crippen molar-refractivity contribution in [2.45, 2.75) is 0 Å². The van der Waals surface area contributed by atoms with Crippen molar-refractivity contribution < 1.29 is 4.42 Å². The predicted octanol–water partition coefficient (Wildman–Crippen LogP) is 18.1. The summed E-state index contributed by atoms with van der Waals surface area (Å²) in [5.41, 5.74) is 20.3. The van der Waals surface area contributed by atoms with E-state index in [2.05, 4.69) is 258 Å². The summed E-state index contributed by atoms with van der Waals surface area (Å²) in [6.07, 6.45) is 0. The molecule has 0 saturated heterocycles. The lowest BCUT2D eigenvalue weighted by molar-refractivity contribution is 0.670. The van der Waals surface area contributed by atoms with Crippen LogP contribution in [0.5, 0.6) is 0 Å². The first-order chi connectivity index (χ1) is 34.3. The first-order valence-electron chi connectivity index (χ1n) is 23.7. The van der Waals surface area contributed by atoms with Gasteiger partial charge in [-0.25, -0.2) is 0 Å². The highest BCUT2D eigenvalue weighted by molar-refractivity contribution is 6.15. The zero-order valence-electron chi connectivity index (χ0n) is 37.6. The number of aromatic nitrogens is 2. The van der Waals surface area contributed by atoms with E-state index in [1.54, 1.807) is 0 Å². The third-order valence-corrected chi connectivity index (χ3v) is 14.2. The first kappa shape index (κ1) is 39.0. The van der Waals surface area contributed by atoms with Gasteiger partial charge in [0.25, 0.3) is 0 Å². The maximum atomic E-state index is 6.62. The minimum Gasteiger partial charge on any atom is -0.455 e. The van der Waals surface area contributed by atoms with Gasteiger partial charge in [-0.05, 0) is 93.5 Å². The molecule has 0 fully saturated rings. The van der Waals surface area contributed by atoms with Crippen LogP contribution in [0.2, 0.25) is 0 Å². The molecule has 3 aromatic heterocycles. The Bertz CT molecular complexity index is 4260. The van der Waals surface area contributed by atoms with Gasteiger partial charge in [0, 0.05) is 49.0 Å². The summed E-state index contributed by atoms with van der Waals surface area (Å²) < 4.78 is 11.5. The Morgan fingerprint density at radius 2 is 0.638 bits per heavy atom. The smallest absolute Gasteiger partial charge is 0.143 e. The van der Waals surface area contributed by atoms with Crippen molar-refractivity contribution in [1.29, 1.82) is 0 Å². The lowest BCUT2D eigenvalue weighted by Crippen LogP contribution is -2.01. The van der Waals surface area contributed by atoms with E-state index in [9.17, 15) is 0 Å². The van der Waals surface area contributed by atoms with Crippen LogP contribution < -0.4 is 0 Å². The van der Waals surface area contributed by atoms with Gasteiger partial charge in [0.1, 0.15) is 11.2 Å². The Hall–Kier alpha value is -9.18. The fourth-order valence-corrected chi connectivity index (χ4v) is 11.1. The lowest BCUT2D eigenvalue weighted by Gasteiger charge is -2.18. The number of benzene rings is 11. The van der Waals surface area contributed by atoms with Crippen LogP contribution in [0.1, 0.15) is 0 Å². The summed E-state index contributed by atoms with van der Waals surface area (Å²) in [5, 5.41) is 7.12. The molecule has 0 aliphatic rings. The number of para-hydroxylation sites is 6. The zero-order valence-corrected chi connectivity index (χ0v) is 37.6. The maximum Gasteiger partial charge on any atom is 0.143 e. The second-order valence-electron chi connectivity index (χ2n) is 17.9. The zero-order chi connectivity index (χ0) is 45.4. The number of hydrogen-bond donors (Lipinski definition) is 0. The molecule has 0 N–H and O–H groups in total. The minimum absolute atomic E-state index is 0.897. The van der Waals surface area contributed by atoms with Crippen molar-refractivity contribution in [3.63, 3.8) is 0 Å². The fraction of sp³-hybridized carbons (Fsp3) is 0. The molecular formula is C66H42N2O. The van der Waals surface area contributed by atoms with Gasteiger partial charge in [-0.1, -0.05) is 200 Å². The normalized spacial score (nSPS) is 11.8. The van der Waals surface area contributed by atoms with Crippen molar-refractivity contribution in [2.75, 3.05) is 0 Å². The third kappa shape index (κ3) is 6.14. The largest absolute Gasteiger partial charge is 0.455 e. The fourth-order valence-electron chi connectivity index (χ4n) is 11.1. The molecule has 0 amide bonds. The second kappa shape index (κ2) is 15.7. The summed E-state index contributed by atoms with van der Waals surface area (Å²) in [6.45, 7) is 0. The lowest BCUT2D eigenvalue weighted by atomic mass is 9.92. The van der Waals surface area contributed by atoms with Crippen LogP contribution in [-0.4, -0.2) is 9.13 Å². The SMILES string of the molecule is c1ccc(-c2ccccc2-c2ccc3c(c2)c2cc(-c4ccccc4-c4cccc5c4oc4ccccc45)ccc2n3-c2ccccc2-c2ccccc2-n2c3ccccc3c3ccccc32)cc1. The van der Waals surface area contributed by atoms with Crippen LogP contribution in [-0.2, 0) is 0 Å². The van der Waals surface area contributed by atoms with E-state index in [1.807, 2.05) is 6.07 Å². The van der Waals surface area contributed by atoms with Gasteiger partial charge in [-0.3, -0.25) is 0 Å². The van der Waals surface area contributed by atoms with Crippen LogP contribution in [0.25, 0.3) is 133 Å². The Balaban J connectivity index is 1.01. The van der Waals surface area contributed by atoms with Crippen LogP contribution in [0.3, 0.4) is 0 Å². The number of furan rings is 1. The summed E-state index contributed by atoms with van der Waals surface area (Å²) in [6, 6.07) is 92.5. The summed E-state index contributed by atoms with van der Waals surface area (Å²) in [5.74, 6) is 0. The molecule has 3 heterocycles. The number of fused-ring (bicyclic) bond motifs is 9. The third-order valence-electron chi connectivity index (χ3n) is 14.2. The Morgan fingerprint density at radius 3 is 1.23 bits per heavy atom. The average Bonchev–Trinajstić information content (AvgIpc) is 4.08. The topological polar surface area (TPSA) is 23.0 Å². The van der Waals surface area contributed by atoms with E-state index in [1.165, 1.54) is 54.8 Å². The Kier molecular flexibility index (Phi) is 8.90. The molecule has 322 valence electrons. The molecule has 0 unspecified atom stereocenters. The van der Waals surface area contributed by atoms with Gasteiger partial charge in [0.15, 0.2) is 0 Å². The van der Waals surface area contributed by atoms with Crippen molar-refractivity contribution in [1.82, 2.24) is 9.13 Å². The van der Waals surface area contributed by atoms with Crippen molar-refractivity contribution >= 4 is 65.6 Å². The van der Waals surface area contributed by atoms with E-state index >= 15 is 0 Å². The molecule has 14 rings (SSSR count). The quantitative estimate of drug-likeness (QED) is 0.156. The minimum atomic E-state index is 0.897. The average molecular weight is 879 g/mol. The van der Waals surface area contributed by atoms with Crippen LogP contribution in [0, 0.1) is 0 Å². The molecule has 11 aromatic carbocycles. The summed E-state index contributed by atoms with van der Waals surface area (Å²) >= 11 is 0. The molecule has 0 spiro atoms. The Labute approximate surface area is 399 Å². The van der Waals surface area contributed by atoms with Gasteiger partial charge in [-0.2, -0.15) is 0 Å². The molecule has 0 bridgehead atoms. The molecule has 0 aliphatic heterocycles. The predicted molar refractivity (Wildman–Crippen MR) is 290 cm³/mol. The van der Waals surface area contributed by atoms with E-state index in [4.69, 9.17) is 4.42 Å². The highest BCUT2D eigenvalue weighted by atomic mass is 16.3. The molecule has 0 aliphatic carbocycles. The maximum absolute atomic E-state index is 6.62. The summed E-state index contributed by atoms with van der Waals surface area (Å²) in [4.78, 5) is 0. The van der Waals surface area contributed by atoms with Gasteiger partial charge in [0.2, 0.25) is 0 Å². The monoisotopic (exact) mass is 878 g/mol. The van der Waals surface area contributed by atoms with Gasteiger partial charge in [-0.15, -0.1) is 0 Å². The Morgan fingerprint density at radius 1 is 0.232 bits per heavy atom. The number of hydrogen-bond acceptors (Lipinski definition) is 1. The second-order valence-corrected chi connectivity index (χ2v) is 17.9. The molecule has 0 atom stereocenters. The molecule has 69 heavy (non-hydrogen) atoms. The molecule has 3 heteroatoms. The van der Waals surface area contributed by atoms with Gasteiger partial charge in [0.05, 0.1) is 33.4 Å². The molecular weight excluding hydrogens is 837 g/mol. The van der Waals surface area contributed by atoms with Crippen molar-refractivity contribution in [3.05, 3.63) is 255 Å². The summed E-state index contributed by atoms with van der Waals surface area (Å²) in [7, 11) is 0. The van der Waals surface area contributed by atoms with Crippen LogP contribution >= 0.6 is 0 Å². The molecule has 3 nitrogen and oxygen atoms in total. The van der Waals surface area contributed by atoms with Crippen molar-refractivity contribution in [2.24, 2.45) is 0 Å². The standard InChI is InChI=1S/C66H42N2O/c1-2-19-43(20-3-1)46-21-4-5-22-47(46)44-37-39-63-57(41-44)58-42-45(48-23-6-7-24-49(48)55-30-18-31-56-54-29-12-17-36-65(54)69-66(55)56)38-40-64(58)68(63)62-35-16-11-28-53(62)52-27-10-15-34-61(52)67-59-32-13-8-25-50(59)51-26-9-14-33-60(51)67/h1-42H. The van der Waals surface area contributed by atoms with E-state index < -0.39 is 0 Å². The van der Waals surface area contributed by atoms with Gasteiger partial charge >= 0.3 is 0 Å². The highest BCUT2D eigenvalue weighted by Gasteiger charge is 2.22. The van der Waals surface area contributed by atoms with Crippen molar-refractivity contribution in [3.8, 4) is 67.0 Å². The number of rotatable bonds is 7. The van der Waals surface area contributed by atoms with Crippen LogP contribution in [0.15, 0.2) is 259 Å². The molecule has 0 radical (unpaired) electrons. The van der Waals surface area contributed by atoms with Gasteiger partial charge < -0.3 is 13.6 Å².